The van der Waals surface area contributed by atoms with Crippen molar-refractivity contribution in [3.63, 3.8) is 0 Å². The van der Waals surface area contributed by atoms with Crippen LogP contribution in [0.2, 0.25) is 0 Å². The summed E-state index contributed by atoms with van der Waals surface area (Å²) in [5.41, 5.74) is 0. The molecule has 0 saturated carbocycles. The number of hydrogen-bond acceptors (Lipinski definition) is 7. The van der Waals surface area contributed by atoms with Gasteiger partial charge in [0.05, 0.1) is 0 Å². The van der Waals surface area contributed by atoms with Crippen molar-refractivity contribution in [2.45, 2.75) is 24.4 Å². The van der Waals surface area contributed by atoms with Crippen LogP contribution >= 0.6 is 12.4 Å². The molecular weight excluding hydrogens is 386 g/mol. The number of nitrogens with one attached hydrogen (secondary N) is 1. The van der Waals surface area contributed by atoms with E-state index >= 15 is 0 Å². The molecule has 4 rings (SSSR count). The van der Waals surface area contributed by atoms with E-state index < -0.39 is 24.4 Å². The molecule has 0 fully saturated rings. The maximum Gasteiger partial charge on any atom is 0.161 e. The number of aliphatic hydroxyl groups is 2. The van der Waals surface area contributed by atoms with E-state index in [1.807, 2.05) is 48.5 Å². The van der Waals surface area contributed by atoms with Crippen LogP contribution in [0, 0.1) is 0 Å². The molecule has 2 aromatic rings. The Hall–Kier alpha value is -2.19. The van der Waals surface area contributed by atoms with Crippen LogP contribution in [0.5, 0.6) is 23.0 Å². The number of halogens is 1. The zero-order valence-corrected chi connectivity index (χ0v) is 16.0. The lowest BCUT2D eigenvalue weighted by Crippen LogP contribution is -2.49. The van der Waals surface area contributed by atoms with Crippen LogP contribution in [-0.4, -0.2) is 60.9 Å². The Balaban J connectivity index is 0.00000225. The number of hydrogen-bond donors (Lipinski definition) is 3. The van der Waals surface area contributed by atoms with Gasteiger partial charge in [0, 0.05) is 13.1 Å². The van der Waals surface area contributed by atoms with Crippen LogP contribution in [0.15, 0.2) is 48.5 Å². The van der Waals surface area contributed by atoms with E-state index in [4.69, 9.17) is 18.9 Å². The Kier molecular flexibility index (Phi) is 6.85. The van der Waals surface area contributed by atoms with Crippen molar-refractivity contribution in [3.8, 4) is 23.0 Å². The van der Waals surface area contributed by atoms with E-state index in [0.717, 1.165) is 0 Å². The van der Waals surface area contributed by atoms with Crippen molar-refractivity contribution in [2.24, 2.45) is 0 Å². The van der Waals surface area contributed by atoms with E-state index in [9.17, 15) is 10.2 Å². The van der Waals surface area contributed by atoms with Gasteiger partial charge in [0.25, 0.3) is 0 Å². The predicted octanol–water partition coefficient (Wildman–Crippen LogP) is 1.40. The third kappa shape index (κ3) is 4.62. The molecule has 2 aliphatic rings. The number of ether oxygens (including phenoxy) is 4. The second-order valence-electron chi connectivity index (χ2n) is 6.62. The second kappa shape index (κ2) is 9.34. The van der Waals surface area contributed by atoms with Crippen LogP contribution in [-0.2, 0) is 0 Å². The topological polar surface area (TPSA) is 89.4 Å². The minimum Gasteiger partial charge on any atom is -0.486 e. The van der Waals surface area contributed by atoms with E-state index in [1.165, 1.54) is 0 Å². The van der Waals surface area contributed by atoms with Gasteiger partial charge in [0.1, 0.15) is 25.4 Å². The molecule has 2 aromatic carbocycles. The first-order chi connectivity index (χ1) is 13.2. The van der Waals surface area contributed by atoms with Gasteiger partial charge >= 0.3 is 0 Å². The molecular formula is C20H24ClNO6. The zero-order valence-electron chi connectivity index (χ0n) is 15.2. The molecule has 0 bridgehead atoms. The van der Waals surface area contributed by atoms with Crippen molar-refractivity contribution >= 4 is 12.4 Å². The van der Waals surface area contributed by atoms with Crippen LogP contribution in [0.25, 0.3) is 0 Å². The van der Waals surface area contributed by atoms with Gasteiger partial charge in [-0.05, 0) is 24.3 Å². The molecule has 7 nitrogen and oxygen atoms in total. The molecule has 0 aliphatic carbocycles. The summed E-state index contributed by atoms with van der Waals surface area (Å²) in [5.74, 6) is 2.61. The number of fused-ring (bicyclic) bond motifs is 2. The highest BCUT2D eigenvalue weighted by atomic mass is 35.5. The van der Waals surface area contributed by atoms with E-state index in [0.29, 0.717) is 23.0 Å². The van der Waals surface area contributed by atoms with Crippen LogP contribution in [0.4, 0.5) is 0 Å². The number of para-hydroxylation sites is 4. The Morgan fingerprint density at radius 1 is 0.750 bits per heavy atom. The fourth-order valence-corrected chi connectivity index (χ4v) is 3.09. The highest BCUT2D eigenvalue weighted by Crippen LogP contribution is 2.32. The van der Waals surface area contributed by atoms with Gasteiger partial charge in [0.2, 0.25) is 0 Å². The molecule has 0 radical (unpaired) electrons. The summed E-state index contributed by atoms with van der Waals surface area (Å²) in [6.45, 7) is 1.08. The van der Waals surface area contributed by atoms with E-state index in [2.05, 4.69) is 5.32 Å². The average molecular weight is 410 g/mol. The monoisotopic (exact) mass is 409 g/mol. The highest BCUT2D eigenvalue weighted by molar-refractivity contribution is 5.85. The smallest absolute Gasteiger partial charge is 0.161 e. The molecule has 4 atom stereocenters. The SMILES string of the molecule is Cl.OC(CNCC(O)C1COc2ccccc2O1)C1COc2ccccc2O1. The standard InChI is InChI=1S/C20H23NO6.ClH/c22-13(19-11-24-15-5-1-3-7-17(15)26-19)9-21-10-14(23)20-12-25-16-6-2-4-8-18(16)27-20;/h1-8,13-14,19-23H,9-12H2;1H. The summed E-state index contributed by atoms with van der Waals surface area (Å²) in [4.78, 5) is 0. The van der Waals surface area contributed by atoms with Crippen LogP contribution in [0.1, 0.15) is 0 Å². The molecule has 28 heavy (non-hydrogen) atoms. The van der Waals surface area contributed by atoms with Crippen molar-refractivity contribution in [2.75, 3.05) is 26.3 Å². The van der Waals surface area contributed by atoms with Crippen molar-refractivity contribution < 1.29 is 29.2 Å². The Morgan fingerprint density at radius 3 is 1.57 bits per heavy atom. The lowest BCUT2D eigenvalue weighted by Gasteiger charge is -2.31. The largest absolute Gasteiger partial charge is 0.486 e. The van der Waals surface area contributed by atoms with Crippen molar-refractivity contribution in [1.82, 2.24) is 5.32 Å². The highest BCUT2D eigenvalue weighted by Gasteiger charge is 2.29. The molecule has 0 spiro atoms. The molecule has 152 valence electrons. The quantitative estimate of drug-likeness (QED) is 0.664. The van der Waals surface area contributed by atoms with Gasteiger partial charge in [-0.25, -0.2) is 0 Å². The maximum absolute atomic E-state index is 10.3. The van der Waals surface area contributed by atoms with Crippen molar-refractivity contribution in [1.29, 1.82) is 0 Å². The average Bonchev–Trinajstić information content (AvgIpc) is 2.72. The van der Waals surface area contributed by atoms with Gasteiger partial charge in [-0.2, -0.15) is 0 Å². The van der Waals surface area contributed by atoms with Crippen LogP contribution < -0.4 is 24.3 Å². The lowest BCUT2D eigenvalue weighted by molar-refractivity contribution is -0.0212. The molecule has 4 unspecified atom stereocenters. The molecule has 0 amide bonds. The van der Waals surface area contributed by atoms with Gasteiger partial charge in [-0.3, -0.25) is 0 Å². The van der Waals surface area contributed by atoms with E-state index in [-0.39, 0.29) is 38.7 Å². The van der Waals surface area contributed by atoms with Gasteiger partial charge in [0.15, 0.2) is 35.2 Å². The third-order valence-corrected chi connectivity index (χ3v) is 4.63. The third-order valence-electron chi connectivity index (χ3n) is 4.63. The Morgan fingerprint density at radius 2 is 1.14 bits per heavy atom. The summed E-state index contributed by atoms with van der Waals surface area (Å²) in [7, 11) is 0. The number of benzene rings is 2. The summed E-state index contributed by atoms with van der Waals surface area (Å²) < 4.78 is 22.8. The van der Waals surface area contributed by atoms with Gasteiger partial charge in [-0.15, -0.1) is 12.4 Å². The summed E-state index contributed by atoms with van der Waals surface area (Å²) in [5, 5.41) is 23.8. The Bertz CT molecular complexity index is 712. The molecule has 2 aliphatic heterocycles. The lowest BCUT2D eigenvalue weighted by atomic mass is 10.1. The van der Waals surface area contributed by atoms with Crippen LogP contribution in [0.3, 0.4) is 0 Å². The fourth-order valence-electron chi connectivity index (χ4n) is 3.09. The summed E-state index contributed by atoms with van der Waals surface area (Å²) in [6, 6.07) is 14.7. The van der Waals surface area contributed by atoms with Gasteiger partial charge in [-0.1, -0.05) is 24.3 Å². The predicted molar refractivity (Wildman–Crippen MR) is 105 cm³/mol. The number of aliphatic hydroxyl groups excluding tert-OH is 2. The first kappa shape index (κ1) is 20.5. The molecule has 2 heterocycles. The first-order valence-electron chi connectivity index (χ1n) is 9.04. The zero-order chi connectivity index (χ0) is 18.6. The minimum absolute atomic E-state index is 0. The molecule has 0 aromatic heterocycles. The van der Waals surface area contributed by atoms with E-state index in [1.54, 1.807) is 0 Å². The first-order valence-corrected chi connectivity index (χ1v) is 9.04. The summed E-state index contributed by atoms with van der Waals surface area (Å²) in [6.07, 6.45) is -2.47. The molecule has 0 saturated heterocycles. The number of rotatable bonds is 6. The summed E-state index contributed by atoms with van der Waals surface area (Å²) >= 11 is 0. The Labute approximate surface area is 169 Å². The van der Waals surface area contributed by atoms with Crippen molar-refractivity contribution in [3.05, 3.63) is 48.5 Å². The second-order valence-corrected chi connectivity index (χ2v) is 6.62. The fraction of sp³-hybridized carbons (Fsp3) is 0.400. The molecule has 8 heteroatoms. The maximum atomic E-state index is 10.3. The normalized spacial score (nSPS) is 21.9. The van der Waals surface area contributed by atoms with Gasteiger partial charge < -0.3 is 34.5 Å². The molecule has 3 N–H and O–H groups in total. The minimum atomic E-state index is -0.769.